The molecule has 46 heavy (non-hydrogen) atoms. The normalized spacial score (nSPS) is 11.3. The molecule has 0 fully saturated rings. The van der Waals surface area contributed by atoms with E-state index < -0.39 is 15.4 Å². The lowest BCUT2D eigenvalue weighted by Gasteiger charge is -2.18. The largest absolute Gasteiger partial charge is 0.494 e. The quantitative estimate of drug-likeness (QED) is 0.0855. The molecule has 0 unspecified atom stereocenters. The summed E-state index contributed by atoms with van der Waals surface area (Å²) in [6.07, 6.45) is 1.36. The molecule has 0 saturated carbocycles. The highest BCUT2D eigenvalue weighted by molar-refractivity contribution is 5.83. The summed E-state index contributed by atoms with van der Waals surface area (Å²) in [7, 11) is 0. The SMILES string of the molecule is CCOc1cc(C)c(-c2nc3ccccc3c(=O)n2N=Cc2ccc(OCc3ccc([N+](=O)[O-])cc3)c([N+](=O)[O-])c2)cc1C(C)C. The van der Waals surface area contributed by atoms with Crippen molar-refractivity contribution in [3.05, 3.63) is 132 Å². The minimum Gasteiger partial charge on any atom is -0.494 e. The zero-order valence-corrected chi connectivity index (χ0v) is 25.7. The molecule has 0 aliphatic heterocycles. The van der Waals surface area contributed by atoms with Gasteiger partial charge in [-0.15, -0.1) is 0 Å². The Hall–Kier alpha value is -5.91. The average molecular weight is 622 g/mol. The van der Waals surface area contributed by atoms with Crippen LogP contribution in [0, 0.1) is 27.2 Å². The fourth-order valence-corrected chi connectivity index (χ4v) is 4.95. The van der Waals surface area contributed by atoms with E-state index in [4.69, 9.17) is 14.5 Å². The maximum atomic E-state index is 13.8. The number of aromatic nitrogens is 2. The Morgan fingerprint density at radius 2 is 1.67 bits per heavy atom. The number of benzene rings is 4. The summed E-state index contributed by atoms with van der Waals surface area (Å²) >= 11 is 0. The molecule has 0 saturated heterocycles. The van der Waals surface area contributed by atoms with Gasteiger partial charge >= 0.3 is 5.69 Å². The molecule has 1 heterocycles. The summed E-state index contributed by atoms with van der Waals surface area (Å²) < 4.78 is 12.8. The molecule has 12 nitrogen and oxygen atoms in total. The molecular formula is C34H31N5O7. The van der Waals surface area contributed by atoms with E-state index in [1.54, 1.807) is 30.3 Å². The van der Waals surface area contributed by atoms with Gasteiger partial charge in [0.2, 0.25) is 0 Å². The zero-order valence-electron chi connectivity index (χ0n) is 25.7. The van der Waals surface area contributed by atoms with Crippen molar-refractivity contribution in [1.29, 1.82) is 0 Å². The fraction of sp³-hybridized carbons (Fsp3) is 0.206. The summed E-state index contributed by atoms with van der Waals surface area (Å²) in [6, 6.07) is 20.9. The van der Waals surface area contributed by atoms with Crippen LogP contribution >= 0.6 is 0 Å². The molecule has 4 aromatic carbocycles. The number of para-hydroxylation sites is 1. The van der Waals surface area contributed by atoms with Crippen LogP contribution in [0.15, 0.2) is 88.8 Å². The molecular weight excluding hydrogens is 590 g/mol. The monoisotopic (exact) mass is 621 g/mol. The lowest BCUT2D eigenvalue weighted by molar-refractivity contribution is -0.386. The number of fused-ring (bicyclic) bond motifs is 1. The first-order valence-corrected chi connectivity index (χ1v) is 14.6. The molecule has 0 N–H and O–H groups in total. The second-order valence-corrected chi connectivity index (χ2v) is 10.8. The number of aryl methyl sites for hydroxylation is 1. The average Bonchev–Trinajstić information content (AvgIpc) is 3.03. The third-order valence-electron chi connectivity index (χ3n) is 7.32. The number of hydrogen-bond donors (Lipinski definition) is 0. The summed E-state index contributed by atoms with van der Waals surface area (Å²) in [6.45, 7) is 8.43. The standard InChI is InChI=1S/C34H31N5O7/c1-5-45-32-16-22(4)28(18-27(32)21(2)3)33-36-29-9-7-6-8-26(29)34(40)37(33)35-19-24-12-15-31(30(17-24)39(43)44)46-20-23-10-13-25(14-11-23)38(41)42/h6-19,21H,5,20H2,1-4H3. The Balaban J connectivity index is 1.54. The van der Waals surface area contributed by atoms with Gasteiger partial charge in [0, 0.05) is 29.3 Å². The van der Waals surface area contributed by atoms with E-state index in [0.717, 1.165) is 16.9 Å². The maximum absolute atomic E-state index is 13.8. The van der Waals surface area contributed by atoms with E-state index in [9.17, 15) is 25.0 Å². The highest BCUT2D eigenvalue weighted by Crippen LogP contribution is 2.34. The van der Waals surface area contributed by atoms with Crippen molar-refractivity contribution >= 4 is 28.5 Å². The highest BCUT2D eigenvalue weighted by Gasteiger charge is 2.20. The van der Waals surface area contributed by atoms with Gasteiger partial charge in [-0.2, -0.15) is 9.78 Å². The van der Waals surface area contributed by atoms with Gasteiger partial charge in [0.15, 0.2) is 11.6 Å². The van der Waals surface area contributed by atoms with Gasteiger partial charge in [0.25, 0.3) is 11.2 Å². The molecule has 0 aliphatic rings. The number of nitro benzene ring substituents is 2. The van der Waals surface area contributed by atoms with Crippen LogP contribution in [0.3, 0.4) is 0 Å². The number of nitrogens with zero attached hydrogens (tertiary/aromatic N) is 5. The minimum atomic E-state index is -0.575. The topological polar surface area (TPSA) is 152 Å². The summed E-state index contributed by atoms with van der Waals surface area (Å²) in [5.74, 6) is 1.23. The lowest BCUT2D eigenvalue weighted by atomic mass is 9.96. The molecule has 0 amide bonds. The van der Waals surface area contributed by atoms with Crippen molar-refractivity contribution in [3.8, 4) is 22.9 Å². The first-order valence-electron chi connectivity index (χ1n) is 14.6. The molecule has 0 spiro atoms. The first kappa shape index (κ1) is 31.5. The molecule has 234 valence electrons. The van der Waals surface area contributed by atoms with Gasteiger partial charge in [-0.1, -0.05) is 26.0 Å². The van der Waals surface area contributed by atoms with E-state index in [1.165, 1.54) is 47.3 Å². The molecule has 12 heteroatoms. The summed E-state index contributed by atoms with van der Waals surface area (Å²) in [5, 5.41) is 27.7. The molecule has 1 aromatic heterocycles. The van der Waals surface area contributed by atoms with Crippen molar-refractivity contribution < 1.29 is 19.3 Å². The molecule has 0 radical (unpaired) electrons. The van der Waals surface area contributed by atoms with E-state index in [0.29, 0.717) is 40.0 Å². The van der Waals surface area contributed by atoms with Gasteiger partial charge in [-0.05, 0) is 85.0 Å². The van der Waals surface area contributed by atoms with Gasteiger partial charge in [-0.3, -0.25) is 25.0 Å². The van der Waals surface area contributed by atoms with E-state index in [2.05, 4.69) is 18.9 Å². The molecule has 5 aromatic rings. The molecule has 5 rings (SSSR count). The zero-order chi connectivity index (χ0) is 33.0. The van der Waals surface area contributed by atoms with Gasteiger partial charge in [-0.25, -0.2) is 4.98 Å². The number of hydrogen-bond acceptors (Lipinski definition) is 9. The molecule has 0 atom stereocenters. The van der Waals surface area contributed by atoms with Crippen LogP contribution in [0.25, 0.3) is 22.3 Å². The Labute approximate surface area is 263 Å². The van der Waals surface area contributed by atoms with Crippen LogP contribution in [-0.2, 0) is 6.61 Å². The summed E-state index contributed by atoms with van der Waals surface area (Å²) in [5.41, 5.74) is 3.20. The third-order valence-corrected chi connectivity index (χ3v) is 7.32. The predicted octanol–water partition coefficient (Wildman–Crippen LogP) is 7.17. The van der Waals surface area contributed by atoms with Crippen molar-refractivity contribution in [1.82, 2.24) is 9.66 Å². The molecule has 0 aliphatic carbocycles. The van der Waals surface area contributed by atoms with Crippen molar-refractivity contribution in [3.63, 3.8) is 0 Å². The fourth-order valence-electron chi connectivity index (χ4n) is 4.95. The minimum absolute atomic E-state index is 0.0111. The van der Waals surface area contributed by atoms with Crippen LogP contribution in [0.2, 0.25) is 0 Å². The smallest absolute Gasteiger partial charge is 0.311 e. The predicted molar refractivity (Wildman–Crippen MR) is 175 cm³/mol. The highest BCUT2D eigenvalue weighted by atomic mass is 16.6. The Morgan fingerprint density at radius 1 is 0.935 bits per heavy atom. The van der Waals surface area contributed by atoms with Gasteiger partial charge in [0.1, 0.15) is 12.4 Å². The van der Waals surface area contributed by atoms with E-state index in [1.807, 2.05) is 26.0 Å². The van der Waals surface area contributed by atoms with Crippen LogP contribution in [0.1, 0.15) is 48.9 Å². The number of rotatable bonds is 11. The van der Waals surface area contributed by atoms with Crippen molar-refractivity contribution in [2.75, 3.05) is 6.61 Å². The van der Waals surface area contributed by atoms with Gasteiger partial charge < -0.3 is 9.47 Å². The van der Waals surface area contributed by atoms with Crippen LogP contribution in [-0.4, -0.2) is 32.3 Å². The number of nitro groups is 2. The lowest BCUT2D eigenvalue weighted by Crippen LogP contribution is -2.21. The van der Waals surface area contributed by atoms with Crippen molar-refractivity contribution in [2.45, 2.75) is 40.2 Å². The Morgan fingerprint density at radius 3 is 2.35 bits per heavy atom. The third kappa shape index (κ3) is 6.60. The first-order chi connectivity index (χ1) is 22.1. The Bertz CT molecular complexity index is 2040. The number of non-ortho nitro benzene ring substituents is 1. The second-order valence-electron chi connectivity index (χ2n) is 10.8. The second kappa shape index (κ2) is 13.4. The maximum Gasteiger partial charge on any atom is 0.311 e. The number of ether oxygens (including phenoxy) is 2. The molecule has 0 bridgehead atoms. The van der Waals surface area contributed by atoms with Crippen LogP contribution < -0.4 is 15.0 Å². The van der Waals surface area contributed by atoms with Crippen LogP contribution in [0.4, 0.5) is 11.4 Å². The van der Waals surface area contributed by atoms with E-state index >= 15 is 0 Å². The Kier molecular flexibility index (Phi) is 9.17. The van der Waals surface area contributed by atoms with Crippen molar-refractivity contribution in [2.24, 2.45) is 5.10 Å². The van der Waals surface area contributed by atoms with E-state index in [-0.39, 0.29) is 29.6 Å². The van der Waals surface area contributed by atoms with Crippen LogP contribution in [0.5, 0.6) is 11.5 Å². The van der Waals surface area contributed by atoms with Gasteiger partial charge in [0.05, 0.1) is 33.6 Å². The summed E-state index contributed by atoms with van der Waals surface area (Å²) in [4.78, 5) is 40.4.